The first kappa shape index (κ1) is 17.6. The van der Waals surface area contributed by atoms with Crippen LogP contribution in [0.5, 0.6) is 11.5 Å². The highest BCUT2D eigenvalue weighted by Crippen LogP contribution is 2.29. The molecule has 0 bridgehead atoms. The van der Waals surface area contributed by atoms with Crippen molar-refractivity contribution in [1.29, 1.82) is 0 Å². The number of likely N-dealkylation sites (N-methyl/N-ethyl adjacent to an activating group) is 1. The van der Waals surface area contributed by atoms with E-state index >= 15 is 0 Å². The van der Waals surface area contributed by atoms with Crippen LogP contribution in [0.2, 0.25) is 5.02 Å². The number of nitrogens with one attached hydrogen (secondary N) is 1. The van der Waals surface area contributed by atoms with Gasteiger partial charge in [0.15, 0.2) is 5.69 Å². The second-order valence-electron chi connectivity index (χ2n) is 5.80. The second kappa shape index (κ2) is 7.76. The number of rotatable bonds is 6. The van der Waals surface area contributed by atoms with Crippen molar-refractivity contribution in [3.8, 4) is 11.5 Å². The van der Waals surface area contributed by atoms with Crippen LogP contribution >= 0.6 is 11.6 Å². The van der Waals surface area contributed by atoms with Crippen LogP contribution in [0, 0.1) is 0 Å². The molecular formula is C17H20ClN3O4. The highest BCUT2D eigenvalue weighted by Gasteiger charge is 2.26. The fourth-order valence-corrected chi connectivity index (χ4v) is 2.83. The van der Waals surface area contributed by atoms with Crippen molar-refractivity contribution in [1.82, 2.24) is 15.1 Å². The maximum Gasteiger partial charge on any atom is 0.274 e. The van der Waals surface area contributed by atoms with Crippen LogP contribution < -0.4 is 9.47 Å². The van der Waals surface area contributed by atoms with Gasteiger partial charge in [0.25, 0.3) is 5.91 Å². The highest BCUT2D eigenvalue weighted by molar-refractivity contribution is 6.32. The van der Waals surface area contributed by atoms with Crippen molar-refractivity contribution in [3.63, 3.8) is 0 Å². The molecule has 7 nitrogen and oxygen atoms in total. The number of amides is 1. The van der Waals surface area contributed by atoms with Gasteiger partial charge in [-0.3, -0.25) is 9.89 Å². The molecule has 134 valence electrons. The summed E-state index contributed by atoms with van der Waals surface area (Å²) in [4.78, 5) is 14.1. The van der Waals surface area contributed by atoms with E-state index in [4.69, 9.17) is 25.8 Å². The number of hydrogen-bond acceptors (Lipinski definition) is 5. The molecule has 1 amide bonds. The highest BCUT2D eigenvalue weighted by atomic mass is 35.5. The SMILES string of the molecule is COc1ccc(OCc2cc(C(=O)N(C)C3CCOC3)n[nH]2)c(Cl)c1. The van der Waals surface area contributed by atoms with Crippen molar-refractivity contribution in [3.05, 3.63) is 40.7 Å². The zero-order chi connectivity index (χ0) is 17.8. The Balaban J connectivity index is 1.60. The predicted octanol–water partition coefficient (Wildman–Crippen LogP) is 2.51. The number of ether oxygens (including phenoxy) is 3. The standard InChI is InChI=1S/C17H20ClN3O4/c1-21(12-5-6-24-10-12)17(22)15-7-11(19-20-15)9-25-16-4-3-13(23-2)8-14(16)18/h3-4,7-8,12H,5-6,9-10H2,1-2H3,(H,19,20). The Bertz CT molecular complexity index is 743. The second-order valence-corrected chi connectivity index (χ2v) is 6.20. The fourth-order valence-electron chi connectivity index (χ4n) is 2.60. The minimum atomic E-state index is -0.138. The lowest BCUT2D eigenvalue weighted by Crippen LogP contribution is -2.37. The molecule has 0 radical (unpaired) electrons. The topological polar surface area (TPSA) is 76.7 Å². The smallest absolute Gasteiger partial charge is 0.274 e. The molecule has 1 aliphatic heterocycles. The molecule has 25 heavy (non-hydrogen) atoms. The van der Waals surface area contributed by atoms with E-state index in [2.05, 4.69) is 10.2 Å². The number of methoxy groups -OCH3 is 1. The molecule has 1 aliphatic rings. The molecule has 1 unspecified atom stereocenters. The summed E-state index contributed by atoms with van der Waals surface area (Å²) < 4.78 is 16.1. The van der Waals surface area contributed by atoms with Crippen molar-refractivity contribution in [2.45, 2.75) is 19.1 Å². The number of aromatic nitrogens is 2. The average molecular weight is 366 g/mol. The van der Waals surface area contributed by atoms with Gasteiger partial charge in [0.1, 0.15) is 18.1 Å². The number of carbonyl (C=O) groups is 1. The quantitative estimate of drug-likeness (QED) is 0.851. The zero-order valence-electron chi connectivity index (χ0n) is 14.1. The third-order valence-corrected chi connectivity index (χ3v) is 4.44. The summed E-state index contributed by atoms with van der Waals surface area (Å²) in [6.07, 6.45) is 0.846. The minimum absolute atomic E-state index is 0.0991. The van der Waals surface area contributed by atoms with E-state index < -0.39 is 0 Å². The Kier molecular flexibility index (Phi) is 5.45. The third kappa shape index (κ3) is 4.05. The third-order valence-electron chi connectivity index (χ3n) is 4.15. The molecule has 1 N–H and O–H groups in total. The van der Waals surface area contributed by atoms with Gasteiger partial charge in [-0.15, -0.1) is 0 Å². The molecule has 0 saturated carbocycles. The van der Waals surface area contributed by atoms with Crippen LogP contribution in [-0.4, -0.2) is 54.4 Å². The Morgan fingerprint density at radius 3 is 3.00 bits per heavy atom. The largest absolute Gasteiger partial charge is 0.497 e. The minimum Gasteiger partial charge on any atom is -0.497 e. The predicted molar refractivity (Wildman–Crippen MR) is 92.2 cm³/mol. The first-order valence-electron chi connectivity index (χ1n) is 7.94. The Morgan fingerprint density at radius 2 is 2.32 bits per heavy atom. The first-order valence-corrected chi connectivity index (χ1v) is 8.32. The monoisotopic (exact) mass is 365 g/mol. The Hall–Kier alpha value is -2.25. The van der Waals surface area contributed by atoms with Crippen LogP contribution in [0.3, 0.4) is 0 Å². The summed E-state index contributed by atoms with van der Waals surface area (Å²) in [6.45, 7) is 1.48. The number of aromatic amines is 1. The molecule has 3 rings (SSSR count). The maximum atomic E-state index is 12.5. The van der Waals surface area contributed by atoms with Gasteiger partial charge in [0.2, 0.25) is 0 Å². The molecule has 2 heterocycles. The van der Waals surface area contributed by atoms with Crippen LogP contribution in [-0.2, 0) is 11.3 Å². The van der Waals surface area contributed by atoms with Crippen LogP contribution in [0.4, 0.5) is 0 Å². The number of benzene rings is 1. The summed E-state index contributed by atoms with van der Waals surface area (Å²) in [5.41, 5.74) is 1.04. The van der Waals surface area contributed by atoms with Gasteiger partial charge < -0.3 is 19.1 Å². The summed E-state index contributed by atoms with van der Waals surface area (Å²) in [7, 11) is 3.34. The van der Waals surface area contributed by atoms with E-state index in [-0.39, 0.29) is 18.6 Å². The van der Waals surface area contributed by atoms with Crippen LogP contribution in [0.25, 0.3) is 0 Å². The molecule has 0 aliphatic carbocycles. The lowest BCUT2D eigenvalue weighted by atomic mass is 10.2. The van der Waals surface area contributed by atoms with E-state index in [0.29, 0.717) is 41.1 Å². The summed E-state index contributed by atoms with van der Waals surface area (Å²) in [5, 5.41) is 7.36. The van der Waals surface area contributed by atoms with E-state index in [1.807, 2.05) is 0 Å². The maximum absolute atomic E-state index is 12.5. The van der Waals surface area contributed by atoms with Crippen LogP contribution in [0.15, 0.2) is 24.3 Å². The zero-order valence-corrected chi connectivity index (χ0v) is 14.9. The van der Waals surface area contributed by atoms with Crippen LogP contribution in [0.1, 0.15) is 22.6 Å². The summed E-state index contributed by atoms with van der Waals surface area (Å²) in [5.74, 6) is 1.05. The van der Waals surface area contributed by atoms with Gasteiger partial charge in [-0.25, -0.2) is 0 Å². The molecule has 2 aromatic rings. The van der Waals surface area contributed by atoms with Gasteiger partial charge in [-0.1, -0.05) is 11.6 Å². The number of carbonyl (C=O) groups excluding carboxylic acids is 1. The summed E-state index contributed by atoms with van der Waals surface area (Å²) in [6, 6.07) is 6.96. The number of H-pyrrole nitrogens is 1. The van der Waals surface area contributed by atoms with Gasteiger partial charge in [0, 0.05) is 19.7 Å². The lowest BCUT2D eigenvalue weighted by molar-refractivity contribution is 0.0705. The van der Waals surface area contributed by atoms with Gasteiger partial charge >= 0.3 is 0 Å². The lowest BCUT2D eigenvalue weighted by Gasteiger charge is -2.21. The van der Waals surface area contributed by atoms with Crippen molar-refractivity contribution < 1.29 is 19.0 Å². The fraction of sp³-hybridized carbons (Fsp3) is 0.412. The average Bonchev–Trinajstić information content (AvgIpc) is 3.31. The molecule has 0 spiro atoms. The van der Waals surface area contributed by atoms with Gasteiger partial charge in [-0.05, 0) is 24.6 Å². The van der Waals surface area contributed by atoms with Gasteiger partial charge in [0.05, 0.1) is 30.5 Å². The molecule has 1 atom stereocenters. The molecule has 1 aromatic heterocycles. The Labute approximate surface area is 150 Å². The number of nitrogens with zero attached hydrogens (tertiary/aromatic N) is 2. The normalized spacial score (nSPS) is 16.7. The molecule has 1 fully saturated rings. The van der Waals surface area contributed by atoms with Crippen molar-refractivity contribution in [2.24, 2.45) is 0 Å². The van der Waals surface area contributed by atoms with E-state index in [1.54, 1.807) is 43.3 Å². The van der Waals surface area contributed by atoms with Crippen molar-refractivity contribution in [2.75, 3.05) is 27.4 Å². The van der Waals surface area contributed by atoms with E-state index in [1.165, 1.54) is 0 Å². The van der Waals surface area contributed by atoms with E-state index in [0.717, 1.165) is 6.42 Å². The van der Waals surface area contributed by atoms with Crippen molar-refractivity contribution >= 4 is 17.5 Å². The Morgan fingerprint density at radius 1 is 1.48 bits per heavy atom. The number of halogens is 1. The molecule has 1 aromatic carbocycles. The summed E-state index contributed by atoms with van der Waals surface area (Å²) >= 11 is 6.14. The first-order chi connectivity index (χ1) is 12.1. The number of hydrogen-bond donors (Lipinski definition) is 1. The molecular weight excluding hydrogens is 346 g/mol. The van der Waals surface area contributed by atoms with E-state index in [9.17, 15) is 4.79 Å². The molecule has 1 saturated heterocycles. The molecule has 8 heteroatoms. The van der Waals surface area contributed by atoms with Gasteiger partial charge in [-0.2, -0.15) is 5.10 Å².